The maximum Gasteiger partial charge on any atom is 0.222 e. The number of hydrogen-bond donors (Lipinski definition) is 1. The summed E-state index contributed by atoms with van der Waals surface area (Å²) >= 11 is 0. The quantitative estimate of drug-likeness (QED) is 0.602. The highest BCUT2D eigenvalue weighted by atomic mass is 16.2. The maximum atomic E-state index is 13.0. The van der Waals surface area contributed by atoms with Gasteiger partial charge in [0.25, 0.3) is 0 Å². The van der Waals surface area contributed by atoms with Gasteiger partial charge in [-0.2, -0.15) is 0 Å². The fourth-order valence-corrected chi connectivity index (χ4v) is 5.48. The molecule has 1 N–H and O–H groups in total. The number of piperidine rings is 1. The molecule has 0 aliphatic carbocycles. The smallest absolute Gasteiger partial charge is 0.222 e. The number of rotatable bonds is 6. The summed E-state index contributed by atoms with van der Waals surface area (Å²) in [6.07, 6.45) is 8.63. The zero-order valence-corrected chi connectivity index (χ0v) is 19.3. The zero-order valence-electron chi connectivity index (χ0n) is 19.3. The van der Waals surface area contributed by atoms with E-state index in [1.165, 1.54) is 27.7 Å². The topological polar surface area (TPSA) is 69.3 Å². The first-order valence-electron chi connectivity index (χ1n) is 12.2. The molecule has 1 unspecified atom stereocenters. The van der Waals surface area contributed by atoms with E-state index in [0.717, 1.165) is 50.9 Å². The second-order valence-electron chi connectivity index (χ2n) is 9.41. The van der Waals surface area contributed by atoms with Crippen LogP contribution in [0, 0.1) is 6.92 Å². The second kappa shape index (κ2) is 9.38. The number of fused-ring (bicyclic) bond motifs is 1. The van der Waals surface area contributed by atoms with E-state index in [-0.39, 0.29) is 17.7 Å². The van der Waals surface area contributed by atoms with Gasteiger partial charge in [0.1, 0.15) is 0 Å². The monoisotopic (exact) mass is 444 g/mol. The molecule has 2 amide bonds. The summed E-state index contributed by atoms with van der Waals surface area (Å²) in [5, 5.41) is 1.23. The predicted octanol–water partition coefficient (Wildman–Crippen LogP) is 4.65. The molecule has 0 radical (unpaired) electrons. The highest BCUT2D eigenvalue weighted by Gasteiger charge is 2.29. The van der Waals surface area contributed by atoms with Crippen LogP contribution < -0.4 is 0 Å². The highest BCUT2D eigenvalue weighted by Crippen LogP contribution is 2.40. The van der Waals surface area contributed by atoms with E-state index in [1.807, 2.05) is 22.2 Å². The Kier molecular flexibility index (Phi) is 6.16. The van der Waals surface area contributed by atoms with E-state index in [4.69, 9.17) is 0 Å². The molecule has 6 heteroatoms. The maximum absolute atomic E-state index is 13.0. The highest BCUT2D eigenvalue weighted by molar-refractivity contribution is 5.99. The van der Waals surface area contributed by atoms with E-state index in [2.05, 4.69) is 47.2 Å². The first-order chi connectivity index (χ1) is 16.1. The summed E-state index contributed by atoms with van der Waals surface area (Å²) in [5.41, 5.74) is 6.04. The van der Waals surface area contributed by atoms with Crippen LogP contribution in [0.5, 0.6) is 0 Å². The van der Waals surface area contributed by atoms with Crippen LogP contribution in [0.15, 0.2) is 42.7 Å². The number of hydrogen-bond acceptors (Lipinski definition) is 3. The number of nitrogens with one attached hydrogen (secondary N) is 1. The van der Waals surface area contributed by atoms with E-state index in [0.29, 0.717) is 19.4 Å². The third kappa shape index (κ3) is 4.39. The zero-order chi connectivity index (χ0) is 22.8. The number of para-hydroxylation sites is 1. The van der Waals surface area contributed by atoms with Crippen molar-refractivity contribution in [3.8, 4) is 11.1 Å². The van der Waals surface area contributed by atoms with Crippen molar-refractivity contribution in [2.24, 2.45) is 0 Å². The van der Waals surface area contributed by atoms with Gasteiger partial charge < -0.3 is 14.8 Å². The lowest BCUT2D eigenvalue weighted by Crippen LogP contribution is -2.39. The minimum atomic E-state index is 0.212. The van der Waals surface area contributed by atoms with Crippen molar-refractivity contribution in [2.75, 3.05) is 26.2 Å². The number of likely N-dealkylation sites (tertiary alicyclic amines) is 2. The molecule has 2 aromatic heterocycles. The molecule has 2 aliphatic rings. The summed E-state index contributed by atoms with van der Waals surface area (Å²) < 4.78 is 0. The lowest BCUT2D eigenvalue weighted by molar-refractivity contribution is -0.133. The van der Waals surface area contributed by atoms with Gasteiger partial charge in [-0.05, 0) is 55.9 Å². The van der Waals surface area contributed by atoms with Crippen LogP contribution in [-0.2, 0) is 9.59 Å². The summed E-state index contributed by atoms with van der Waals surface area (Å²) in [6, 6.07) is 10.6. The predicted molar refractivity (Wildman–Crippen MR) is 130 cm³/mol. The van der Waals surface area contributed by atoms with Gasteiger partial charge >= 0.3 is 0 Å². The molecular weight excluding hydrogens is 412 g/mol. The van der Waals surface area contributed by atoms with Crippen LogP contribution in [0.3, 0.4) is 0 Å². The SMILES string of the molecule is Cc1cccc2c(-c3ccncc3)c(C3CCCN(C(=O)CCCN4CCCC4=O)C3)[nH]c12. The van der Waals surface area contributed by atoms with E-state index < -0.39 is 0 Å². The van der Waals surface area contributed by atoms with E-state index >= 15 is 0 Å². The Balaban J connectivity index is 1.35. The van der Waals surface area contributed by atoms with Crippen molar-refractivity contribution in [3.63, 3.8) is 0 Å². The molecular formula is C27H32N4O2. The standard InChI is InChI=1S/C27H32N4O2/c1-19-6-2-8-22-25(20-11-13-28-14-12-20)27(29-26(19)22)21-7-3-17-31(18-21)24(33)10-5-16-30-15-4-9-23(30)32/h2,6,8,11-14,21,29H,3-5,7,9-10,15-18H2,1H3. The Morgan fingerprint density at radius 1 is 1.15 bits per heavy atom. The van der Waals surface area contributed by atoms with Crippen molar-refractivity contribution >= 4 is 22.7 Å². The third-order valence-electron chi connectivity index (χ3n) is 7.21. The largest absolute Gasteiger partial charge is 0.357 e. The fourth-order valence-electron chi connectivity index (χ4n) is 5.48. The van der Waals surface area contributed by atoms with Crippen LogP contribution >= 0.6 is 0 Å². The minimum absolute atomic E-state index is 0.212. The average molecular weight is 445 g/mol. The van der Waals surface area contributed by atoms with Crippen molar-refractivity contribution < 1.29 is 9.59 Å². The summed E-state index contributed by atoms with van der Waals surface area (Å²) in [7, 11) is 0. The first kappa shape index (κ1) is 21.7. The Labute approximate surface area is 195 Å². The Morgan fingerprint density at radius 3 is 2.79 bits per heavy atom. The van der Waals surface area contributed by atoms with Crippen LogP contribution in [0.4, 0.5) is 0 Å². The molecule has 2 saturated heterocycles. The molecule has 172 valence electrons. The molecule has 6 nitrogen and oxygen atoms in total. The normalized spacial score (nSPS) is 18.9. The van der Waals surface area contributed by atoms with E-state index in [9.17, 15) is 9.59 Å². The Morgan fingerprint density at radius 2 is 2.00 bits per heavy atom. The van der Waals surface area contributed by atoms with Crippen LogP contribution in [0.25, 0.3) is 22.0 Å². The van der Waals surface area contributed by atoms with Crippen LogP contribution in [-0.4, -0.2) is 57.8 Å². The summed E-state index contributed by atoms with van der Waals surface area (Å²) in [4.78, 5) is 36.7. The minimum Gasteiger partial charge on any atom is -0.357 e. The molecule has 2 aliphatic heterocycles. The van der Waals surface area contributed by atoms with Crippen molar-refractivity contribution in [1.82, 2.24) is 19.8 Å². The number of carbonyl (C=O) groups excluding carboxylic acids is 2. The van der Waals surface area contributed by atoms with Gasteiger partial charge in [-0.3, -0.25) is 14.6 Å². The molecule has 33 heavy (non-hydrogen) atoms. The number of aromatic nitrogens is 2. The molecule has 1 aromatic carbocycles. The van der Waals surface area contributed by atoms with Gasteiger partial charge in [-0.25, -0.2) is 0 Å². The molecule has 4 heterocycles. The van der Waals surface area contributed by atoms with Crippen LogP contribution in [0.2, 0.25) is 0 Å². The number of aryl methyl sites for hydroxylation is 1. The van der Waals surface area contributed by atoms with Crippen molar-refractivity contribution in [2.45, 2.75) is 51.4 Å². The number of nitrogens with zero attached hydrogens (tertiary/aromatic N) is 3. The van der Waals surface area contributed by atoms with Gasteiger partial charge in [0.15, 0.2) is 0 Å². The number of carbonyl (C=O) groups is 2. The van der Waals surface area contributed by atoms with Gasteiger partial charge in [-0.15, -0.1) is 0 Å². The molecule has 1 atom stereocenters. The molecule has 0 bridgehead atoms. The average Bonchev–Trinajstić information content (AvgIpc) is 3.44. The van der Waals surface area contributed by atoms with Crippen molar-refractivity contribution in [3.05, 3.63) is 54.0 Å². The number of aromatic amines is 1. The lowest BCUT2D eigenvalue weighted by atomic mass is 9.89. The number of benzene rings is 1. The summed E-state index contributed by atoms with van der Waals surface area (Å²) in [5.74, 6) is 0.722. The number of H-pyrrole nitrogens is 1. The Hall–Kier alpha value is -3.15. The fraction of sp³-hybridized carbons (Fsp3) is 0.444. The Bertz CT molecular complexity index is 1150. The van der Waals surface area contributed by atoms with Gasteiger partial charge in [-0.1, -0.05) is 18.2 Å². The van der Waals surface area contributed by atoms with Gasteiger partial charge in [0.2, 0.25) is 11.8 Å². The van der Waals surface area contributed by atoms with Gasteiger partial charge in [0, 0.05) is 79.5 Å². The van der Waals surface area contributed by atoms with E-state index in [1.54, 1.807) is 0 Å². The summed E-state index contributed by atoms with van der Waals surface area (Å²) in [6.45, 7) is 5.25. The van der Waals surface area contributed by atoms with Crippen LogP contribution in [0.1, 0.15) is 55.7 Å². The lowest BCUT2D eigenvalue weighted by Gasteiger charge is -2.33. The first-order valence-corrected chi connectivity index (χ1v) is 12.2. The molecule has 2 fully saturated rings. The third-order valence-corrected chi connectivity index (χ3v) is 7.21. The molecule has 0 saturated carbocycles. The number of pyridine rings is 1. The number of amides is 2. The molecule has 3 aromatic rings. The van der Waals surface area contributed by atoms with Crippen molar-refractivity contribution in [1.29, 1.82) is 0 Å². The molecule has 0 spiro atoms. The molecule has 5 rings (SSSR count). The van der Waals surface area contributed by atoms with Gasteiger partial charge in [0.05, 0.1) is 0 Å². The second-order valence-corrected chi connectivity index (χ2v) is 9.41.